The smallest absolute Gasteiger partial charge is 0.366 e. The summed E-state index contributed by atoms with van der Waals surface area (Å²) in [6.07, 6.45) is -8.06. The summed E-state index contributed by atoms with van der Waals surface area (Å²) in [6.45, 7) is 1.46. The summed E-state index contributed by atoms with van der Waals surface area (Å²) in [4.78, 5) is 35.1. The van der Waals surface area contributed by atoms with Gasteiger partial charge in [0.1, 0.15) is 18.0 Å². The van der Waals surface area contributed by atoms with E-state index in [1.54, 1.807) is 13.0 Å². The molecular weight excluding hydrogens is 578 g/mol. The minimum absolute atomic E-state index is 0.0154. The highest BCUT2D eigenvalue weighted by atomic mass is 19.4. The first-order chi connectivity index (χ1) is 20.3. The van der Waals surface area contributed by atoms with E-state index >= 15 is 0 Å². The van der Waals surface area contributed by atoms with Crippen molar-refractivity contribution in [1.82, 2.24) is 15.3 Å². The predicted molar refractivity (Wildman–Crippen MR) is 148 cm³/mol. The lowest BCUT2D eigenvalue weighted by molar-refractivity contribution is -0.138. The normalized spacial score (nSPS) is 11.5. The van der Waals surface area contributed by atoms with Gasteiger partial charge in [0.2, 0.25) is 0 Å². The van der Waals surface area contributed by atoms with Gasteiger partial charge < -0.3 is 16.0 Å². The van der Waals surface area contributed by atoms with Crippen molar-refractivity contribution in [1.29, 1.82) is 0 Å². The van der Waals surface area contributed by atoms with Gasteiger partial charge in [0.15, 0.2) is 0 Å². The molecule has 0 aliphatic carbocycles. The number of amides is 3. The molecule has 14 heteroatoms. The Labute approximate surface area is 241 Å². The summed E-state index contributed by atoms with van der Waals surface area (Å²) >= 11 is 0. The Balaban J connectivity index is 1.62. The summed E-state index contributed by atoms with van der Waals surface area (Å²) < 4.78 is 79.5. The molecule has 3 aromatic carbocycles. The molecule has 8 nitrogen and oxygen atoms in total. The van der Waals surface area contributed by atoms with E-state index < -0.39 is 35.4 Å². The first-order valence-corrected chi connectivity index (χ1v) is 12.6. The lowest BCUT2D eigenvalue weighted by Gasteiger charge is -2.24. The third-order valence-corrected chi connectivity index (χ3v) is 6.24. The highest BCUT2D eigenvalue weighted by Gasteiger charge is 2.33. The zero-order valence-corrected chi connectivity index (χ0v) is 22.6. The number of alkyl halides is 6. The third kappa shape index (κ3) is 7.39. The van der Waals surface area contributed by atoms with Crippen LogP contribution in [0.2, 0.25) is 0 Å². The van der Waals surface area contributed by atoms with E-state index in [1.807, 2.05) is 0 Å². The largest absolute Gasteiger partial charge is 0.416 e. The fraction of sp³-hybridized carbons (Fsp3) is 0.172. The fourth-order valence-electron chi connectivity index (χ4n) is 4.12. The van der Waals surface area contributed by atoms with Crippen LogP contribution in [0.1, 0.15) is 32.6 Å². The molecule has 4 aromatic rings. The number of hydrogen-bond donors (Lipinski definition) is 3. The number of aromatic nitrogens is 2. The Kier molecular flexibility index (Phi) is 8.88. The Morgan fingerprint density at radius 2 is 1.60 bits per heavy atom. The highest BCUT2D eigenvalue weighted by molar-refractivity contribution is 6.05. The van der Waals surface area contributed by atoms with Crippen molar-refractivity contribution in [2.75, 3.05) is 22.6 Å². The standard InChI is InChI=1S/C29H24F6N6O2/c1-17-10-11-21(40-26(42)18-7-5-8-20(12-18)28(30,31)32)13-23(17)41(27(43)36-2)25-14-24(38-16-39-25)37-15-19-6-3-4-9-22(19)29(33,34)35/h3-14,16H,15H2,1-2H3,(H,36,43)(H,40,42)(H,37,38,39). The highest BCUT2D eigenvalue weighted by Crippen LogP contribution is 2.34. The van der Waals surface area contributed by atoms with Gasteiger partial charge in [-0.05, 0) is 54.4 Å². The van der Waals surface area contributed by atoms with Gasteiger partial charge in [-0.3, -0.25) is 4.79 Å². The van der Waals surface area contributed by atoms with E-state index in [-0.39, 0.29) is 40.7 Å². The first kappa shape index (κ1) is 30.8. The second-order valence-corrected chi connectivity index (χ2v) is 9.19. The van der Waals surface area contributed by atoms with E-state index in [9.17, 15) is 35.9 Å². The van der Waals surface area contributed by atoms with E-state index in [0.717, 1.165) is 35.5 Å². The maximum Gasteiger partial charge on any atom is 0.416 e. The Hall–Kier alpha value is -5.14. The molecule has 4 rings (SSSR count). The maximum atomic E-state index is 13.4. The average Bonchev–Trinajstić information content (AvgIpc) is 2.97. The van der Waals surface area contributed by atoms with Crippen LogP contribution >= 0.6 is 0 Å². The Morgan fingerprint density at radius 3 is 2.30 bits per heavy atom. The molecule has 0 radical (unpaired) electrons. The number of rotatable bonds is 7. The minimum Gasteiger partial charge on any atom is -0.366 e. The van der Waals surface area contributed by atoms with Crippen molar-refractivity contribution in [2.45, 2.75) is 25.8 Å². The number of aryl methyl sites for hydroxylation is 1. The third-order valence-electron chi connectivity index (χ3n) is 6.24. The van der Waals surface area contributed by atoms with Crippen LogP contribution < -0.4 is 20.9 Å². The average molecular weight is 603 g/mol. The molecule has 0 saturated carbocycles. The van der Waals surface area contributed by atoms with E-state index in [2.05, 4.69) is 25.9 Å². The maximum absolute atomic E-state index is 13.4. The van der Waals surface area contributed by atoms with E-state index in [1.165, 1.54) is 49.5 Å². The van der Waals surface area contributed by atoms with Crippen LogP contribution in [0.25, 0.3) is 0 Å². The van der Waals surface area contributed by atoms with Gasteiger partial charge in [-0.15, -0.1) is 0 Å². The Morgan fingerprint density at radius 1 is 0.860 bits per heavy atom. The lowest BCUT2D eigenvalue weighted by atomic mass is 10.1. The fourth-order valence-corrected chi connectivity index (χ4v) is 4.12. The molecule has 0 aliphatic rings. The van der Waals surface area contributed by atoms with Gasteiger partial charge in [-0.25, -0.2) is 19.7 Å². The second kappa shape index (κ2) is 12.4. The number of urea groups is 1. The van der Waals surface area contributed by atoms with Crippen molar-refractivity contribution >= 4 is 34.9 Å². The van der Waals surface area contributed by atoms with Gasteiger partial charge in [0.05, 0.1) is 16.8 Å². The summed E-state index contributed by atoms with van der Waals surface area (Å²) in [5, 5.41) is 7.83. The number of nitrogens with zero attached hydrogens (tertiary/aromatic N) is 3. The van der Waals surface area contributed by atoms with Gasteiger partial charge in [-0.2, -0.15) is 26.3 Å². The number of anilines is 4. The monoisotopic (exact) mass is 602 g/mol. The van der Waals surface area contributed by atoms with Crippen LogP contribution in [-0.2, 0) is 18.9 Å². The van der Waals surface area contributed by atoms with Crippen molar-refractivity contribution < 1.29 is 35.9 Å². The van der Waals surface area contributed by atoms with E-state index in [4.69, 9.17) is 0 Å². The number of carbonyl (C=O) groups is 2. The van der Waals surface area contributed by atoms with Crippen molar-refractivity contribution in [3.05, 3.63) is 107 Å². The minimum atomic E-state index is -4.63. The second-order valence-electron chi connectivity index (χ2n) is 9.19. The number of nitrogens with one attached hydrogen (secondary N) is 3. The van der Waals surface area contributed by atoms with Crippen LogP contribution in [0, 0.1) is 6.92 Å². The van der Waals surface area contributed by atoms with Gasteiger partial charge >= 0.3 is 18.4 Å². The molecule has 1 heterocycles. The van der Waals surface area contributed by atoms with Gasteiger partial charge in [0.25, 0.3) is 5.91 Å². The molecule has 0 spiro atoms. The molecule has 0 unspecified atom stereocenters. The quantitative estimate of drug-likeness (QED) is 0.195. The summed E-state index contributed by atoms with van der Waals surface area (Å²) in [6, 6.07) is 14.2. The van der Waals surface area contributed by atoms with E-state index in [0.29, 0.717) is 5.56 Å². The molecule has 1 aromatic heterocycles. The van der Waals surface area contributed by atoms with Crippen molar-refractivity contribution in [3.8, 4) is 0 Å². The molecule has 3 N–H and O–H groups in total. The molecule has 0 bridgehead atoms. The molecule has 0 atom stereocenters. The number of halogens is 6. The zero-order valence-electron chi connectivity index (χ0n) is 22.6. The molecule has 3 amide bonds. The zero-order chi connectivity index (χ0) is 31.4. The topological polar surface area (TPSA) is 99.2 Å². The first-order valence-electron chi connectivity index (χ1n) is 12.6. The molecular formula is C29H24F6N6O2. The number of benzene rings is 3. The van der Waals surface area contributed by atoms with Gasteiger partial charge in [0, 0.05) is 30.9 Å². The SMILES string of the molecule is CNC(=O)N(c1cc(NCc2ccccc2C(F)(F)F)ncn1)c1cc(NC(=O)c2cccc(C(F)(F)F)c2)ccc1C. The summed E-state index contributed by atoms with van der Waals surface area (Å²) in [5.74, 6) is -0.631. The van der Waals surface area contributed by atoms with Crippen LogP contribution in [0.3, 0.4) is 0 Å². The molecule has 43 heavy (non-hydrogen) atoms. The van der Waals surface area contributed by atoms with Crippen molar-refractivity contribution in [2.24, 2.45) is 0 Å². The summed E-state index contributed by atoms with van der Waals surface area (Å²) in [5.41, 5.74) is -1.03. The molecule has 224 valence electrons. The Bertz CT molecular complexity index is 1640. The summed E-state index contributed by atoms with van der Waals surface area (Å²) in [7, 11) is 1.37. The number of hydrogen-bond acceptors (Lipinski definition) is 5. The lowest BCUT2D eigenvalue weighted by Crippen LogP contribution is -2.35. The van der Waals surface area contributed by atoms with Crippen LogP contribution in [0.5, 0.6) is 0 Å². The van der Waals surface area contributed by atoms with Crippen LogP contribution in [-0.4, -0.2) is 29.0 Å². The van der Waals surface area contributed by atoms with Crippen molar-refractivity contribution in [3.63, 3.8) is 0 Å². The van der Waals surface area contributed by atoms with Gasteiger partial charge in [-0.1, -0.05) is 30.3 Å². The predicted octanol–water partition coefficient (Wildman–Crippen LogP) is 7.16. The molecule has 0 saturated heterocycles. The van der Waals surface area contributed by atoms with Crippen LogP contribution in [0.4, 0.5) is 54.1 Å². The number of carbonyl (C=O) groups excluding carboxylic acids is 2. The molecule has 0 aliphatic heterocycles. The molecule has 0 fully saturated rings. The van der Waals surface area contributed by atoms with Crippen LogP contribution in [0.15, 0.2) is 79.1 Å².